The van der Waals surface area contributed by atoms with Crippen molar-refractivity contribution in [3.8, 4) is 0 Å². The van der Waals surface area contributed by atoms with Crippen LogP contribution in [-0.2, 0) is 51.6 Å². The van der Waals surface area contributed by atoms with Gasteiger partial charge in [0.1, 0.15) is 36.3 Å². The van der Waals surface area contributed by atoms with Crippen LogP contribution >= 0.6 is 0 Å². The van der Waals surface area contributed by atoms with Crippen molar-refractivity contribution >= 4 is 62.3 Å². The summed E-state index contributed by atoms with van der Waals surface area (Å²) in [6, 6.07) is 9.62. The second-order valence-electron chi connectivity index (χ2n) is 17.8. The Bertz CT molecular complexity index is 2310. The van der Waals surface area contributed by atoms with E-state index < -0.39 is 81.7 Å². The maximum atomic E-state index is 14.6. The van der Waals surface area contributed by atoms with Gasteiger partial charge < -0.3 is 47.9 Å². The molecule has 3 aromatic rings. The van der Waals surface area contributed by atoms with Crippen molar-refractivity contribution in [2.24, 2.45) is 22.4 Å². The Hall–Kier alpha value is -6.02. The molecule has 11 N–H and O–H groups in total. The van der Waals surface area contributed by atoms with Crippen molar-refractivity contribution < 1.29 is 37.2 Å². The van der Waals surface area contributed by atoms with Crippen LogP contribution in [0.4, 0.5) is 0 Å². The molecular weight excluding hydrogens is 867 g/mol. The molecule has 66 heavy (non-hydrogen) atoms. The highest BCUT2D eigenvalue weighted by Gasteiger charge is 2.41. The van der Waals surface area contributed by atoms with Gasteiger partial charge in [-0.15, -0.1) is 0 Å². The molecule has 0 spiro atoms. The summed E-state index contributed by atoms with van der Waals surface area (Å²) in [6.45, 7) is 0.402. The van der Waals surface area contributed by atoms with Crippen LogP contribution in [0.5, 0.6) is 0 Å². The number of nitrogens with one attached hydrogen (secondary N) is 7. The van der Waals surface area contributed by atoms with Gasteiger partial charge in [0.25, 0.3) is 0 Å². The average Bonchev–Trinajstić information content (AvgIpc) is 3.95. The molecule has 2 saturated heterocycles. The normalized spacial score (nSPS) is 23.6. The Morgan fingerprint density at radius 3 is 2.26 bits per heavy atom. The molecule has 6 amide bonds. The second kappa shape index (κ2) is 23.4. The van der Waals surface area contributed by atoms with Gasteiger partial charge in [0.2, 0.25) is 45.5 Å². The SMILES string of the molecule is CS(=O)(=O)N[C@@H](Cc1ccccc1)C(=O)N[C@H]1CCCNC(=O)C(CCCN=C(N)N)NC(=O)C(Cc2c[nH]c3ccccc23)NC(=O)[C@@H](CC2CCCCC2)NC(=O)C2CCCN2C1=O. The minimum absolute atomic E-state index is 0.00512. The third kappa shape index (κ3) is 14.2. The summed E-state index contributed by atoms with van der Waals surface area (Å²) < 4.78 is 27.3. The van der Waals surface area contributed by atoms with E-state index in [2.05, 4.69) is 41.3 Å². The first-order chi connectivity index (χ1) is 31.6. The summed E-state index contributed by atoms with van der Waals surface area (Å²) in [5.74, 6) is -3.55. The molecule has 0 bridgehead atoms. The van der Waals surface area contributed by atoms with Crippen LogP contribution in [-0.4, -0.2) is 122 Å². The van der Waals surface area contributed by atoms with Gasteiger partial charge in [0.15, 0.2) is 5.96 Å². The van der Waals surface area contributed by atoms with E-state index in [1.165, 1.54) is 4.90 Å². The smallest absolute Gasteiger partial charge is 0.245 e. The van der Waals surface area contributed by atoms with Crippen LogP contribution in [0.25, 0.3) is 10.9 Å². The first-order valence-corrected chi connectivity index (χ1v) is 25.0. The molecule has 3 heterocycles. The molecule has 1 aliphatic carbocycles. The Morgan fingerprint density at radius 1 is 0.818 bits per heavy atom. The summed E-state index contributed by atoms with van der Waals surface area (Å²) in [5.41, 5.74) is 13.4. The fourth-order valence-electron chi connectivity index (χ4n) is 9.27. The van der Waals surface area contributed by atoms with Crippen molar-refractivity contribution in [3.63, 3.8) is 0 Å². The van der Waals surface area contributed by atoms with Crippen molar-refractivity contribution in [1.82, 2.24) is 41.2 Å². The number of aromatic amines is 1. The quantitative estimate of drug-likeness (QED) is 0.0621. The molecule has 2 aromatic carbocycles. The average molecular weight is 932 g/mol. The lowest BCUT2D eigenvalue weighted by atomic mass is 9.84. The molecule has 6 rings (SSSR count). The number of nitrogens with zero attached hydrogens (tertiary/aromatic N) is 2. The van der Waals surface area contributed by atoms with E-state index in [9.17, 15) is 37.2 Å². The zero-order valence-corrected chi connectivity index (χ0v) is 38.4. The molecule has 19 nitrogen and oxygen atoms in total. The summed E-state index contributed by atoms with van der Waals surface area (Å²) in [7, 11) is -3.88. The number of hydrogen-bond donors (Lipinski definition) is 9. The summed E-state index contributed by atoms with van der Waals surface area (Å²) >= 11 is 0. The lowest BCUT2D eigenvalue weighted by Gasteiger charge is -2.32. The predicted octanol–water partition coefficient (Wildman–Crippen LogP) is 0.735. The van der Waals surface area contributed by atoms with Crippen LogP contribution in [0.1, 0.15) is 88.2 Å². The van der Waals surface area contributed by atoms with Crippen LogP contribution in [0.3, 0.4) is 0 Å². The number of hydrogen-bond acceptors (Lipinski definition) is 9. The fraction of sp³-hybridized carbons (Fsp3) is 0.543. The minimum atomic E-state index is -3.88. The van der Waals surface area contributed by atoms with Crippen LogP contribution in [0, 0.1) is 5.92 Å². The number of aromatic nitrogens is 1. The molecule has 6 atom stereocenters. The third-order valence-corrected chi connectivity index (χ3v) is 13.3. The molecule has 1 saturated carbocycles. The van der Waals surface area contributed by atoms with E-state index in [-0.39, 0.29) is 63.6 Å². The van der Waals surface area contributed by atoms with Gasteiger partial charge in [-0.1, -0.05) is 80.6 Å². The van der Waals surface area contributed by atoms with Crippen LogP contribution in [0.2, 0.25) is 0 Å². The molecule has 0 radical (unpaired) electrons. The van der Waals surface area contributed by atoms with Crippen molar-refractivity contribution in [3.05, 3.63) is 71.9 Å². The predicted molar refractivity (Wildman–Crippen MR) is 250 cm³/mol. The van der Waals surface area contributed by atoms with Gasteiger partial charge in [-0.05, 0) is 74.5 Å². The molecule has 1 aromatic heterocycles. The number of para-hydroxylation sites is 1. The number of H-pyrrole nitrogens is 1. The van der Waals surface area contributed by atoms with Crippen molar-refractivity contribution in [2.45, 2.75) is 126 Å². The maximum Gasteiger partial charge on any atom is 0.245 e. The van der Waals surface area contributed by atoms with E-state index in [0.717, 1.165) is 54.8 Å². The van der Waals surface area contributed by atoms with Gasteiger partial charge in [0.05, 0.1) is 6.26 Å². The van der Waals surface area contributed by atoms with Gasteiger partial charge >= 0.3 is 0 Å². The first-order valence-electron chi connectivity index (χ1n) is 23.1. The lowest BCUT2D eigenvalue weighted by Crippen LogP contribution is -2.60. The molecule has 3 fully saturated rings. The second-order valence-corrected chi connectivity index (χ2v) is 19.5. The standard InChI is InChI=1S/C46H65N11O8S/c1-66(64,65)56-38(26-30-15-6-3-7-16-30)43(61)53-35-20-11-22-49-40(58)34(19-10-23-50-46(47)48)52-42(60)37(27-31-28-51-33-18-9-8-17-32(31)33)54-41(59)36(25-29-13-4-2-5-14-29)55-44(62)39-21-12-24-57(39)45(35)63/h3,6-9,15-18,28-29,34-39,51,56H,2,4-5,10-14,19-27H2,1H3,(H,49,58)(H,52,60)(H,53,61)(H,54,59)(H,55,62)(H4,47,48,50)/t34?,35-,36+,37?,38-,39?/m0/s1. The third-order valence-electron chi connectivity index (χ3n) is 12.6. The lowest BCUT2D eigenvalue weighted by molar-refractivity contribution is -0.142. The van der Waals surface area contributed by atoms with Crippen LogP contribution in [0.15, 0.2) is 65.8 Å². The van der Waals surface area contributed by atoms with Gasteiger partial charge in [0, 0.05) is 43.2 Å². The first kappa shape index (κ1) is 49.4. The topological polar surface area (TPSA) is 292 Å². The highest BCUT2D eigenvalue weighted by Crippen LogP contribution is 2.28. The van der Waals surface area contributed by atoms with E-state index in [1.54, 1.807) is 36.5 Å². The summed E-state index contributed by atoms with van der Waals surface area (Å²) in [6.07, 6.45) is 9.26. The number of nitrogens with two attached hydrogens (primary N) is 2. The zero-order chi connectivity index (χ0) is 47.2. The van der Waals surface area contributed by atoms with Gasteiger partial charge in [-0.2, -0.15) is 0 Å². The van der Waals surface area contributed by atoms with Gasteiger partial charge in [-0.3, -0.25) is 33.8 Å². The molecule has 3 aliphatic rings. The number of fused-ring (bicyclic) bond motifs is 2. The maximum absolute atomic E-state index is 14.6. The number of amides is 6. The Balaban J connectivity index is 1.32. The zero-order valence-electron chi connectivity index (χ0n) is 37.6. The number of sulfonamides is 1. The van der Waals surface area contributed by atoms with E-state index in [0.29, 0.717) is 31.2 Å². The fourth-order valence-corrected chi connectivity index (χ4v) is 9.98. The monoisotopic (exact) mass is 931 g/mol. The largest absolute Gasteiger partial charge is 0.370 e. The molecule has 3 unspecified atom stereocenters. The molecule has 20 heteroatoms. The van der Waals surface area contributed by atoms with E-state index in [1.807, 2.05) is 24.3 Å². The molecule has 2 aliphatic heterocycles. The number of aliphatic imine (C=N–C) groups is 1. The van der Waals surface area contributed by atoms with E-state index in [4.69, 9.17) is 11.5 Å². The molecular formula is C46H65N11O8S. The van der Waals surface area contributed by atoms with Gasteiger partial charge in [-0.25, -0.2) is 13.1 Å². The number of carbonyl (C=O) groups is 6. The number of rotatable bonds is 14. The number of carbonyl (C=O) groups excluding carboxylic acids is 6. The highest BCUT2D eigenvalue weighted by molar-refractivity contribution is 7.88. The van der Waals surface area contributed by atoms with Crippen LogP contribution < -0.4 is 42.8 Å². The minimum Gasteiger partial charge on any atom is -0.370 e. The summed E-state index contributed by atoms with van der Waals surface area (Å²) in [4.78, 5) is 94.7. The molecule has 358 valence electrons. The Morgan fingerprint density at radius 2 is 1.52 bits per heavy atom. The van der Waals surface area contributed by atoms with E-state index >= 15 is 0 Å². The van der Waals surface area contributed by atoms with Crippen molar-refractivity contribution in [1.29, 1.82) is 0 Å². The number of guanidine groups is 1. The Labute approximate surface area is 385 Å². The summed E-state index contributed by atoms with van der Waals surface area (Å²) in [5, 5.41) is 15.3. The highest BCUT2D eigenvalue weighted by atomic mass is 32.2. The Kier molecular flexibility index (Phi) is 17.5. The van der Waals surface area contributed by atoms with Crippen molar-refractivity contribution in [2.75, 3.05) is 25.9 Å². The number of benzene rings is 2.